The lowest BCUT2D eigenvalue weighted by Crippen LogP contribution is -2.43. The number of aromatic nitrogens is 1. The molecule has 1 N–H and O–H groups in total. The maximum atomic E-state index is 11.8. The largest absolute Gasteiger partial charge is 0.349 e. The molecule has 96 valence electrons. The van der Waals surface area contributed by atoms with E-state index in [4.69, 9.17) is 0 Å². The third-order valence-corrected chi connectivity index (χ3v) is 3.53. The lowest BCUT2D eigenvalue weighted by Gasteiger charge is -2.27. The highest BCUT2D eigenvalue weighted by atomic mass is 32.1. The van der Waals surface area contributed by atoms with Crippen LogP contribution in [0.25, 0.3) is 0 Å². The molecule has 0 fully saturated rings. The maximum Gasteiger partial charge on any atom is 0.270 e. The summed E-state index contributed by atoms with van der Waals surface area (Å²) in [5.74, 6) is 0.421. The maximum absolute atomic E-state index is 11.8. The van der Waals surface area contributed by atoms with Crippen molar-refractivity contribution < 1.29 is 4.79 Å². The summed E-state index contributed by atoms with van der Waals surface area (Å²) >= 11 is 1.50. The van der Waals surface area contributed by atoms with Gasteiger partial charge in [0, 0.05) is 18.0 Å². The molecule has 0 aromatic carbocycles. The van der Waals surface area contributed by atoms with Gasteiger partial charge in [-0.3, -0.25) is 4.79 Å². The molecule has 1 atom stereocenters. The van der Waals surface area contributed by atoms with Gasteiger partial charge in [-0.2, -0.15) is 0 Å². The van der Waals surface area contributed by atoms with Gasteiger partial charge in [-0.05, 0) is 26.9 Å². The Hall–Kier alpha value is -0.940. The average Bonchev–Trinajstić information content (AvgIpc) is 2.63. The van der Waals surface area contributed by atoms with Crippen LogP contribution in [0.15, 0.2) is 5.38 Å². The summed E-state index contributed by atoms with van der Waals surface area (Å²) in [6.07, 6.45) is 0. The predicted octanol–water partition coefficient (Wildman–Crippen LogP) is 1.77. The first-order valence-corrected chi connectivity index (χ1v) is 6.66. The van der Waals surface area contributed by atoms with E-state index in [1.165, 1.54) is 11.3 Å². The first-order chi connectivity index (χ1) is 7.91. The topological polar surface area (TPSA) is 45.2 Å². The Balaban J connectivity index is 2.52. The molecule has 0 aliphatic carbocycles. The number of hydrogen-bond donors (Lipinski definition) is 1. The molecule has 1 aromatic rings. The summed E-state index contributed by atoms with van der Waals surface area (Å²) in [4.78, 5) is 18.1. The van der Waals surface area contributed by atoms with E-state index in [0.29, 0.717) is 24.2 Å². The van der Waals surface area contributed by atoms with E-state index in [-0.39, 0.29) is 5.91 Å². The normalized spacial score (nSPS) is 13.1. The van der Waals surface area contributed by atoms with Crippen molar-refractivity contribution in [3.05, 3.63) is 16.1 Å². The van der Waals surface area contributed by atoms with Crippen molar-refractivity contribution in [3.8, 4) is 0 Å². The molecule has 0 spiro atoms. The van der Waals surface area contributed by atoms with Crippen LogP contribution < -0.4 is 5.32 Å². The number of thiazole rings is 1. The van der Waals surface area contributed by atoms with Crippen molar-refractivity contribution in [1.82, 2.24) is 15.2 Å². The molecular weight excluding hydrogens is 234 g/mol. The molecule has 4 nitrogen and oxygen atoms in total. The van der Waals surface area contributed by atoms with Gasteiger partial charge in [0.05, 0.1) is 5.01 Å². The number of aryl methyl sites for hydroxylation is 1. The summed E-state index contributed by atoms with van der Waals surface area (Å²) < 4.78 is 0. The lowest BCUT2D eigenvalue weighted by atomic mass is 10.0. The summed E-state index contributed by atoms with van der Waals surface area (Å²) in [5.41, 5.74) is 0.522. The number of nitrogens with zero attached hydrogens (tertiary/aromatic N) is 2. The van der Waals surface area contributed by atoms with Crippen LogP contribution in [-0.4, -0.2) is 42.5 Å². The highest BCUT2D eigenvalue weighted by Gasteiger charge is 2.17. The second kappa shape index (κ2) is 6.12. The Bertz CT molecular complexity index is 366. The fraction of sp³-hybridized carbons (Fsp3) is 0.667. The van der Waals surface area contributed by atoms with Crippen LogP contribution in [-0.2, 0) is 0 Å². The molecule has 1 aromatic heterocycles. The first kappa shape index (κ1) is 14.1. The van der Waals surface area contributed by atoms with E-state index in [1.807, 2.05) is 21.0 Å². The Morgan fingerprint density at radius 2 is 2.18 bits per heavy atom. The first-order valence-electron chi connectivity index (χ1n) is 5.78. The van der Waals surface area contributed by atoms with Crippen molar-refractivity contribution in [2.45, 2.75) is 26.8 Å². The highest BCUT2D eigenvalue weighted by molar-refractivity contribution is 7.09. The van der Waals surface area contributed by atoms with E-state index >= 15 is 0 Å². The molecule has 0 radical (unpaired) electrons. The van der Waals surface area contributed by atoms with Crippen molar-refractivity contribution in [1.29, 1.82) is 0 Å². The molecule has 1 heterocycles. The number of rotatable bonds is 5. The van der Waals surface area contributed by atoms with Crippen LogP contribution in [0.4, 0.5) is 0 Å². The molecule has 17 heavy (non-hydrogen) atoms. The molecule has 0 saturated heterocycles. The monoisotopic (exact) mass is 255 g/mol. The van der Waals surface area contributed by atoms with Crippen LogP contribution in [0, 0.1) is 12.8 Å². The van der Waals surface area contributed by atoms with E-state index in [9.17, 15) is 4.79 Å². The van der Waals surface area contributed by atoms with Crippen LogP contribution in [0.2, 0.25) is 0 Å². The number of carbonyl (C=O) groups excluding carboxylic acids is 1. The van der Waals surface area contributed by atoms with Gasteiger partial charge in [-0.1, -0.05) is 13.8 Å². The average molecular weight is 255 g/mol. The van der Waals surface area contributed by atoms with Gasteiger partial charge in [0.1, 0.15) is 5.69 Å². The number of nitrogens with one attached hydrogen (secondary N) is 1. The van der Waals surface area contributed by atoms with E-state index in [0.717, 1.165) is 5.01 Å². The van der Waals surface area contributed by atoms with Gasteiger partial charge in [-0.15, -0.1) is 11.3 Å². The summed E-state index contributed by atoms with van der Waals surface area (Å²) in [6, 6.07) is 0.346. The van der Waals surface area contributed by atoms with E-state index < -0.39 is 0 Å². The zero-order chi connectivity index (χ0) is 13.0. The fourth-order valence-corrected chi connectivity index (χ4v) is 2.36. The van der Waals surface area contributed by atoms with E-state index in [1.54, 1.807) is 5.38 Å². The predicted molar refractivity (Wildman–Crippen MR) is 71.5 cm³/mol. The molecule has 5 heteroatoms. The molecule has 1 amide bonds. The lowest BCUT2D eigenvalue weighted by molar-refractivity contribution is 0.0930. The minimum Gasteiger partial charge on any atom is -0.349 e. The zero-order valence-electron chi connectivity index (χ0n) is 11.2. The minimum atomic E-state index is -0.0816. The SMILES string of the molecule is Cc1nc(C(=O)NCC(C(C)C)N(C)C)cs1. The molecule has 1 rings (SSSR count). The number of amides is 1. The molecule has 0 aliphatic rings. The Labute approximate surface area is 107 Å². The third kappa shape index (κ3) is 4.09. The minimum absolute atomic E-state index is 0.0816. The van der Waals surface area contributed by atoms with Crippen molar-refractivity contribution in [2.75, 3.05) is 20.6 Å². The van der Waals surface area contributed by atoms with Gasteiger partial charge < -0.3 is 10.2 Å². The second-order valence-corrected chi connectivity index (χ2v) is 5.80. The zero-order valence-corrected chi connectivity index (χ0v) is 12.0. The number of carbonyl (C=O) groups is 1. The molecule has 0 saturated carbocycles. The van der Waals surface area contributed by atoms with Crippen LogP contribution in [0.1, 0.15) is 29.3 Å². The number of hydrogen-bond acceptors (Lipinski definition) is 4. The van der Waals surface area contributed by atoms with Gasteiger partial charge in [-0.25, -0.2) is 4.98 Å². The summed E-state index contributed by atoms with van der Waals surface area (Å²) in [6.45, 7) is 6.87. The molecule has 0 bridgehead atoms. The molecular formula is C12H21N3OS. The van der Waals surface area contributed by atoms with E-state index in [2.05, 4.69) is 29.0 Å². The standard InChI is InChI=1S/C12H21N3OS/c1-8(2)11(15(4)5)6-13-12(16)10-7-17-9(3)14-10/h7-8,11H,6H2,1-5H3,(H,13,16). The second-order valence-electron chi connectivity index (χ2n) is 4.74. The smallest absolute Gasteiger partial charge is 0.270 e. The Morgan fingerprint density at radius 1 is 1.53 bits per heavy atom. The van der Waals surface area contributed by atoms with Crippen LogP contribution in [0.3, 0.4) is 0 Å². The van der Waals surface area contributed by atoms with Crippen molar-refractivity contribution in [2.24, 2.45) is 5.92 Å². The van der Waals surface area contributed by atoms with Crippen molar-refractivity contribution >= 4 is 17.2 Å². The van der Waals surface area contributed by atoms with Crippen LogP contribution in [0.5, 0.6) is 0 Å². The van der Waals surface area contributed by atoms with Gasteiger partial charge in [0.25, 0.3) is 5.91 Å². The quantitative estimate of drug-likeness (QED) is 0.872. The van der Waals surface area contributed by atoms with Gasteiger partial charge in [0.2, 0.25) is 0 Å². The highest BCUT2D eigenvalue weighted by Crippen LogP contribution is 2.09. The molecule has 0 aliphatic heterocycles. The van der Waals surface area contributed by atoms with Crippen LogP contribution >= 0.6 is 11.3 Å². The van der Waals surface area contributed by atoms with Gasteiger partial charge >= 0.3 is 0 Å². The molecule has 1 unspecified atom stereocenters. The Morgan fingerprint density at radius 3 is 2.59 bits per heavy atom. The summed E-state index contributed by atoms with van der Waals surface area (Å²) in [5, 5.41) is 5.65. The van der Waals surface area contributed by atoms with Crippen molar-refractivity contribution in [3.63, 3.8) is 0 Å². The fourth-order valence-electron chi connectivity index (χ4n) is 1.77. The third-order valence-electron chi connectivity index (χ3n) is 2.76. The number of likely N-dealkylation sites (N-methyl/N-ethyl adjacent to an activating group) is 1. The van der Waals surface area contributed by atoms with Gasteiger partial charge in [0.15, 0.2) is 0 Å². The summed E-state index contributed by atoms with van der Waals surface area (Å²) in [7, 11) is 4.06. The Kier molecular flexibility index (Phi) is 5.08.